The molecule has 0 aliphatic rings. The lowest BCUT2D eigenvalue weighted by atomic mass is 10.0. The van der Waals surface area contributed by atoms with E-state index < -0.39 is 0 Å². The van der Waals surface area contributed by atoms with E-state index in [0.717, 1.165) is 29.3 Å². The van der Waals surface area contributed by atoms with Crippen LogP contribution in [0.5, 0.6) is 0 Å². The molecule has 1 heterocycles. The normalized spacial score (nSPS) is 10.3. The third-order valence-electron chi connectivity index (χ3n) is 2.75. The first-order chi connectivity index (χ1) is 8.24. The van der Waals surface area contributed by atoms with Gasteiger partial charge in [-0.3, -0.25) is 0 Å². The van der Waals surface area contributed by atoms with Gasteiger partial charge in [0.1, 0.15) is 5.82 Å². The van der Waals surface area contributed by atoms with Gasteiger partial charge in [0.15, 0.2) is 5.82 Å². The van der Waals surface area contributed by atoms with Crippen molar-refractivity contribution in [1.29, 1.82) is 0 Å². The summed E-state index contributed by atoms with van der Waals surface area (Å²) in [4.78, 5) is 9.02. The van der Waals surface area contributed by atoms with Crippen LogP contribution in [0.3, 0.4) is 0 Å². The van der Waals surface area contributed by atoms with Gasteiger partial charge >= 0.3 is 0 Å². The van der Waals surface area contributed by atoms with Crippen LogP contribution in [-0.4, -0.2) is 17.0 Å². The van der Waals surface area contributed by atoms with Crippen molar-refractivity contribution in [3.05, 3.63) is 41.6 Å². The van der Waals surface area contributed by atoms with Crippen LogP contribution in [0.1, 0.15) is 18.2 Å². The molecule has 1 aromatic carbocycles. The molecule has 0 unspecified atom stereocenters. The number of nitrogens with one attached hydrogen (secondary N) is 1. The van der Waals surface area contributed by atoms with Gasteiger partial charge in [0.25, 0.3) is 0 Å². The molecule has 17 heavy (non-hydrogen) atoms. The SMILES string of the molecule is CCc1ccccc1-c1nc(C)cc(NC)n1. The van der Waals surface area contributed by atoms with E-state index in [1.807, 2.05) is 26.1 Å². The maximum absolute atomic E-state index is 4.51. The highest BCUT2D eigenvalue weighted by atomic mass is 15.0. The third-order valence-corrected chi connectivity index (χ3v) is 2.75. The van der Waals surface area contributed by atoms with Crippen LogP contribution in [0, 0.1) is 6.92 Å². The molecule has 0 atom stereocenters. The molecule has 2 aromatic rings. The summed E-state index contributed by atoms with van der Waals surface area (Å²) >= 11 is 0. The van der Waals surface area contributed by atoms with Gasteiger partial charge in [-0.25, -0.2) is 9.97 Å². The molecule has 88 valence electrons. The number of nitrogens with zero attached hydrogens (tertiary/aromatic N) is 2. The second-order valence-corrected chi connectivity index (χ2v) is 3.98. The van der Waals surface area contributed by atoms with Gasteiger partial charge in [-0.2, -0.15) is 0 Å². The molecule has 0 aliphatic carbocycles. The molecule has 1 N–H and O–H groups in total. The minimum atomic E-state index is 0.798. The Bertz CT molecular complexity index is 521. The lowest BCUT2D eigenvalue weighted by Gasteiger charge is -2.08. The summed E-state index contributed by atoms with van der Waals surface area (Å²) in [5.74, 6) is 1.66. The summed E-state index contributed by atoms with van der Waals surface area (Å²) in [7, 11) is 1.87. The fourth-order valence-corrected chi connectivity index (χ4v) is 1.86. The van der Waals surface area contributed by atoms with E-state index in [4.69, 9.17) is 0 Å². The maximum Gasteiger partial charge on any atom is 0.162 e. The first-order valence-electron chi connectivity index (χ1n) is 5.86. The predicted molar refractivity (Wildman–Crippen MR) is 71.1 cm³/mol. The molecule has 0 saturated heterocycles. The summed E-state index contributed by atoms with van der Waals surface area (Å²) in [5, 5.41) is 3.06. The highest BCUT2D eigenvalue weighted by Gasteiger charge is 2.07. The number of hydrogen-bond donors (Lipinski definition) is 1. The zero-order chi connectivity index (χ0) is 12.3. The van der Waals surface area contributed by atoms with Crippen molar-refractivity contribution in [3.63, 3.8) is 0 Å². The first-order valence-corrected chi connectivity index (χ1v) is 5.86. The zero-order valence-corrected chi connectivity index (χ0v) is 10.5. The van der Waals surface area contributed by atoms with E-state index in [1.54, 1.807) is 0 Å². The molecule has 0 saturated carbocycles. The third kappa shape index (κ3) is 2.44. The largest absolute Gasteiger partial charge is 0.373 e. The molecule has 0 fully saturated rings. The van der Waals surface area contributed by atoms with Crippen LogP contribution < -0.4 is 5.32 Å². The number of rotatable bonds is 3. The standard InChI is InChI=1S/C14H17N3/c1-4-11-7-5-6-8-12(11)14-16-10(2)9-13(15-3)17-14/h5-9H,4H2,1-3H3,(H,15,16,17). The molecule has 3 heteroatoms. The molecule has 0 radical (unpaired) electrons. The molecular formula is C14H17N3. The van der Waals surface area contributed by atoms with E-state index in [1.165, 1.54) is 5.56 Å². The van der Waals surface area contributed by atoms with Gasteiger partial charge in [0.2, 0.25) is 0 Å². The number of hydrogen-bond acceptors (Lipinski definition) is 3. The first kappa shape index (κ1) is 11.6. The summed E-state index contributed by atoms with van der Waals surface area (Å²) in [5.41, 5.74) is 3.38. The lowest BCUT2D eigenvalue weighted by molar-refractivity contribution is 1.08. The molecule has 0 aliphatic heterocycles. The molecule has 0 amide bonds. The predicted octanol–water partition coefficient (Wildman–Crippen LogP) is 3.06. The van der Waals surface area contributed by atoms with Gasteiger partial charge in [-0.15, -0.1) is 0 Å². The zero-order valence-electron chi connectivity index (χ0n) is 10.5. The molecule has 0 bridgehead atoms. The Morgan fingerprint density at radius 3 is 2.65 bits per heavy atom. The monoisotopic (exact) mass is 227 g/mol. The average Bonchev–Trinajstić information content (AvgIpc) is 2.37. The van der Waals surface area contributed by atoms with Gasteiger partial charge in [0.05, 0.1) is 0 Å². The Hall–Kier alpha value is -1.90. The van der Waals surface area contributed by atoms with E-state index in [0.29, 0.717) is 0 Å². The van der Waals surface area contributed by atoms with Crippen molar-refractivity contribution >= 4 is 5.82 Å². The molecule has 1 aromatic heterocycles. The minimum absolute atomic E-state index is 0.798. The van der Waals surface area contributed by atoms with Crippen molar-refractivity contribution in [3.8, 4) is 11.4 Å². The van der Waals surface area contributed by atoms with Crippen molar-refractivity contribution in [2.24, 2.45) is 0 Å². The Balaban J connectivity index is 2.55. The quantitative estimate of drug-likeness (QED) is 0.875. The fraction of sp³-hybridized carbons (Fsp3) is 0.286. The molecule has 2 rings (SSSR count). The topological polar surface area (TPSA) is 37.8 Å². The second-order valence-electron chi connectivity index (χ2n) is 3.98. The van der Waals surface area contributed by atoms with Crippen LogP contribution >= 0.6 is 0 Å². The van der Waals surface area contributed by atoms with Gasteiger partial charge in [0, 0.05) is 24.4 Å². The van der Waals surface area contributed by atoms with E-state index in [9.17, 15) is 0 Å². The molecular weight excluding hydrogens is 210 g/mol. The van der Waals surface area contributed by atoms with Crippen LogP contribution in [0.25, 0.3) is 11.4 Å². The summed E-state index contributed by atoms with van der Waals surface area (Å²) < 4.78 is 0. The number of anilines is 1. The van der Waals surface area contributed by atoms with Crippen LogP contribution in [0.4, 0.5) is 5.82 Å². The van der Waals surface area contributed by atoms with Crippen LogP contribution in [-0.2, 0) is 6.42 Å². The van der Waals surface area contributed by atoms with Crippen molar-refractivity contribution < 1.29 is 0 Å². The fourth-order valence-electron chi connectivity index (χ4n) is 1.86. The smallest absolute Gasteiger partial charge is 0.162 e. The number of aromatic nitrogens is 2. The second kappa shape index (κ2) is 4.95. The van der Waals surface area contributed by atoms with Crippen LogP contribution in [0.2, 0.25) is 0 Å². The maximum atomic E-state index is 4.51. The van der Waals surface area contributed by atoms with Gasteiger partial charge < -0.3 is 5.32 Å². The lowest BCUT2D eigenvalue weighted by Crippen LogP contribution is -2.00. The van der Waals surface area contributed by atoms with Gasteiger partial charge in [-0.1, -0.05) is 31.2 Å². The summed E-state index contributed by atoms with van der Waals surface area (Å²) in [6.45, 7) is 4.13. The van der Waals surface area contributed by atoms with Crippen molar-refractivity contribution in [2.75, 3.05) is 12.4 Å². The molecule has 0 spiro atoms. The Morgan fingerprint density at radius 2 is 1.94 bits per heavy atom. The highest BCUT2D eigenvalue weighted by Crippen LogP contribution is 2.22. The van der Waals surface area contributed by atoms with Crippen molar-refractivity contribution in [2.45, 2.75) is 20.3 Å². The number of aryl methyl sites for hydroxylation is 2. The van der Waals surface area contributed by atoms with Gasteiger partial charge in [-0.05, 0) is 18.9 Å². The Morgan fingerprint density at radius 1 is 1.18 bits per heavy atom. The summed E-state index contributed by atoms with van der Waals surface area (Å²) in [6, 6.07) is 10.2. The number of benzene rings is 1. The minimum Gasteiger partial charge on any atom is -0.373 e. The van der Waals surface area contributed by atoms with E-state index >= 15 is 0 Å². The van der Waals surface area contributed by atoms with Crippen LogP contribution in [0.15, 0.2) is 30.3 Å². The van der Waals surface area contributed by atoms with Crippen molar-refractivity contribution in [1.82, 2.24) is 9.97 Å². The summed E-state index contributed by atoms with van der Waals surface area (Å²) in [6.07, 6.45) is 0.988. The van der Waals surface area contributed by atoms with E-state index in [-0.39, 0.29) is 0 Å². The Kier molecular flexibility index (Phi) is 3.38. The molecule has 3 nitrogen and oxygen atoms in total. The Labute approximate surface area is 102 Å². The average molecular weight is 227 g/mol. The van der Waals surface area contributed by atoms with E-state index in [2.05, 4.69) is 40.4 Å². The highest BCUT2D eigenvalue weighted by molar-refractivity contribution is 5.62.